The van der Waals surface area contributed by atoms with Crippen LogP contribution in [0.4, 0.5) is 0 Å². The Bertz CT molecular complexity index is 531. The lowest BCUT2D eigenvalue weighted by molar-refractivity contribution is 0.498. The minimum absolute atomic E-state index is 0.350. The fraction of sp³-hybridized carbons (Fsp3) is 0.467. The van der Waals surface area contributed by atoms with E-state index in [0.717, 1.165) is 13.1 Å². The largest absolute Gasteiger partial charge is 0.308 e. The second-order valence-electron chi connectivity index (χ2n) is 5.13. The molecule has 1 unspecified atom stereocenters. The Morgan fingerprint density at radius 3 is 2.58 bits per heavy atom. The third-order valence-corrected chi connectivity index (χ3v) is 3.61. The smallest absolute Gasteiger partial charge is 0.0692 e. The van der Waals surface area contributed by atoms with Crippen LogP contribution >= 0.6 is 0 Å². The summed E-state index contributed by atoms with van der Waals surface area (Å²) in [4.78, 5) is 0. The van der Waals surface area contributed by atoms with Crippen LogP contribution < -0.4 is 5.32 Å². The number of aromatic nitrogens is 3. The first-order valence-corrected chi connectivity index (χ1v) is 6.73. The van der Waals surface area contributed by atoms with E-state index in [1.165, 1.54) is 22.3 Å². The molecule has 2 aromatic rings. The maximum absolute atomic E-state index is 3.96. The summed E-state index contributed by atoms with van der Waals surface area (Å²) in [5, 5.41) is 11.3. The molecule has 0 aliphatic heterocycles. The molecule has 1 N–H and O–H groups in total. The molecule has 0 saturated heterocycles. The van der Waals surface area contributed by atoms with E-state index in [1.54, 1.807) is 6.20 Å². The molecule has 0 spiro atoms. The highest BCUT2D eigenvalue weighted by Crippen LogP contribution is 2.21. The molecule has 4 nitrogen and oxygen atoms in total. The Balaban J connectivity index is 1.96. The van der Waals surface area contributed by atoms with Crippen molar-refractivity contribution < 1.29 is 0 Å². The highest BCUT2D eigenvalue weighted by molar-refractivity contribution is 5.37. The van der Waals surface area contributed by atoms with E-state index in [4.69, 9.17) is 0 Å². The molecule has 1 heterocycles. The normalized spacial score (nSPS) is 12.6. The van der Waals surface area contributed by atoms with E-state index in [0.29, 0.717) is 6.04 Å². The van der Waals surface area contributed by atoms with Crippen molar-refractivity contribution in [2.24, 2.45) is 0 Å². The zero-order valence-electron chi connectivity index (χ0n) is 12.1. The van der Waals surface area contributed by atoms with Gasteiger partial charge in [-0.1, -0.05) is 17.3 Å². The van der Waals surface area contributed by atoms with Crippen molar-refractivity contribution in [3.8, 4) is 0 Å². The number of nitrogens with one attached hydrogen (secondary N) is 1. The molecular weight excluding hydrogens is 236 g/mol. The number of nitrogens with zero attached hydrogens (tertiary/aromatic N) is 3. The van der Waals surface area contributed by atoms with Crippen molar-refractivity contribution in [2.45, 2.75) is 40.3 Å². The van der Waals surface area contributed by atoms with Crippen molar-refractivity contribution >= 4 is 0 Å². The third kappa shape index (κ3) is 3.41. The zero-order valence-corrected chi connectivity index (χ0v) is 12.1. The van der Waals surface area contributed by atoms with Crippen molar-refractivity contribution in [2.75, 3.05) is 6.54 Å². The minimum Gasteiger partial charge on any atom is -0.308 e. The average Bonchev–Trinajstić information content (AvgIpc) is 2.86. The zero-order chi connectivity index (χ0) is 13.8. The van der Waals surface area contributed by atoms with Crippen LogP contribution in [-0.2, 0) is 6.54 Å². The first kappa shape index (κ1) is 13.7. The standard InChI is InChI=1S/C15H22N4/c1-11-9-13(3)15(10-12(11)2)14(4)16-5-7-19-8-6-17-18-19/h6,8-10,14,16H,5,7H2,1-4H3. The minimum atomic E-state index is 0.350. The fourth-order valence-corrected chi connectivity index (χ4v) is 2.31. The summed E-state index contributed by atoms with van der Waals surface area (Å²) in [5.41, 5.74) is 5.44. The topological polar surface area (TPSA) is 42.7 Å². The lowest BCUT2D eigenvalue weighted by Gasteiger charge is -2.18. The second-order valence-corrected chi connectivity index (χ2v) is 5.13. The van der Waals surface area contributed by atoms with E-state index in [1.807, 2.05) is 10.9 Å². The number of benzene rings is 1. The van der Waals surface area contributed by atoms with Crippen LogP contribution in [0.1, 0.15) is 35.2 Å². The van der Waals surface area contributed by atoms with Crippen LogP contribution in [0, 0.1) is 20.8 Å². The monoisotopic (exact) mass is 258 g/mol. The molecule has 1 aromatic carbocycles. The van der Waals surface area contributed by atoms with Gasteiger partial charge in [0.1, 0.15) is 0 Å². The van der Waals surface area contributed by atoms with Gasteiger partial charge in [-0.15, -0.1) is 5.10 Å². The van der Waals surface area contributed by atoms with Gasteiger partial charge >= 0.3 is 0 Å². The molecule has 102 valence electrons. The fourth-order valence-electron chi connectivity index (χ4n) is 2.31. The predicted octanol–water partition coefficient (Wildman–Crippen LogP) is 2.55. The molecule has 0 aliphatic carbocycles. The lowest BCUT2D eigenvalue weighted by Crippen LogP contribution is -2.24. The molecule has 1 aromatic heterocycles. The molecular formula is C15H22N4. The maximum atomic E-state index is 3.96. The molecule has 0 saturated carbocycles. The molecule has 0 bridgehead atoms. The van der Waals surface area contributed by atoms with Gasteiger partial charge in [-0.2, -0.15) is 0 Å². The van der Waals surface area contributed by atoms with Crippen LogP contribution in [-0.4, -0.2) is 21.5 Å². The number of rotatable bonds is 5. The summed E-state index contributed by atoms with van der Waals surface area (Å²) in [6.07, 6.45) is 3.59. The van der Waals surface area contributed by atoms with Gasteiger partial charge in [-0.25, -0.2) is 0 Å². The van der Waals surface area contributed by atoms with Crippen LogP contribution in [0.2, 0.25) is 0 Å². The first-order valence-electron chi connectivity index (χ1n) is 6.73. The average molecular weight is 258 g/mol. The molecule has 0 aliphatic rings. The van der Waals surface area contributed by atoms with Gasteiger partial charge in [0.2, 0.25) is 0 Å². The molecule has 2 rings (SSSR count). The first-order chi connectivity index (χ1) is 9.08. The third-order valence-electron chi connectivity index (χ3n) is 3.61. The van der Waals surface area contributed by atoms with Gasteiger partial charge < -0.3 is 5.32 Å². The van der Waals surface area contributed by atoms with Gasteiger partial charge in [0.05, 0.1) is 12.7 Å². The Morgan fingerprint density at radius 2 is 1.89 bits per heavy atom. The number of hydrogen-bond acceptors (Lipinski definition) is 3. The van der Waals surface area contributed by atoms with Gasteiger partial charge in [0, 0.05) is 18.8 Å². The quantitative estimate of drug-likeness (QED) is 0.896. The molecule has 1 atom stereocenters. The summed E-state index contributed by atoms with van der Waals surface area (Å²) in [5.74, 6) is 0. The lowest BCUT2D eigenvalue weighted by atomic mass is 9.96. The second kappa shape index (κ2) is 5.97. The van der Waals surface area contributed by atoms with E-state index in [9.17, 15) is 0 Å². The molecule has 4 heteroatoms. The predicted molar refractivity (Wildman–Crippen MR) is 77.1 cm³/mol. The highest BCUT2D eigenvalue weighted by atomic mass is 15.4. The molecule has 19 heavy (non-hydrogen) atoms. The summed E-state index contributed by atoms with van der Waals surface area (Å²) in [7, 11) is 0. The Hall–Kier alpha value is -1.68. The van der Waals surface area contributed by atoms with Crippen molar-refractivity contribution in [1.82, 2.24) is 20.3 Å². The van der Waals surface area contributed by atoms with Gasteiger partial charge in [-0.3, -0.25) is 4.68 Å². The number of aryl methyl sites for hydroxylation is 3. The molecule has 0 fully saturated rings. The molecule has 0 radical (unpaired) electrons. The van der Waals surface area contributed by atoms with E-state index in [-0.39, 0.29) is 0 Å². The summed E-state index contributed by atoms with van der Waals surface area (Å²) < 4.78 is 1.84. The maximum Gasteiger partial charge on any atom is 0.0692 e. The molecule has 0 amide bonds. The van der Waals surface area contributed by atoms with E-state index in [2.05, 4.69) is 55.5 Å². The van der Waals surface area contributed by atoms with Crippen LogP contribution in [0.3, 0.4) is 0 Å². The Labute approximate surface area is 114 Å². The van der Waals surface area contributed by atoms with Gasteiger partial charge in [-0.05, 0) is 49.9 Å². The summed E-state index contributed by atoms with van der Waals surface area (Å²) in [6, 6.07) is 4.90. The Morgan fingerprint density at radius 1 is 1.16 bits per heavy atom. The van der Waals surface area contributed by atoms with Gasteiger partial charge in [0.15, 0.2) is 0 Å². The summed E-state index contributed by atoms with van der Waals surface area (Å²) in [6.45, 7) is 10.4. The van der Waals surface area contributed by atoms with Gasteiger partial charge in [0.25, 0.3) is 0 Å². The number of hydrogen-bond donors (Lipinski definition) is 1. The van der Waals surface area contributed by atoms with Crippen molar-refractivity contribution in [1.29, 1.82) is 0 Å². The SMILES string of the molecule is Cc1cc(C)c(C(C)NCCn2ccnn2)cc1C. The highest BCUT2D eigenvalue weighted by Gasteiger charge is 2.09. The summed E-state index contributed by atoms with van der Waals surface area (Å²) >= 11 is 0. The van der Waals surface area contributed by atoms with Crippen molar-refractivity contribution in [3.05, 3.63) is 46.8 Å². The van der Waals surface area contributed by atoms with Crippen LogP contribution in [0.15, 0.2) is 24.5 Å². The Kier molecular flexibility index (Phi) is 4.32. The van der Waals surface area contributed by atoms with Crippen LogP contribution in [0.25, 0.3) is 0 Å². The van der Waals surface area contributed by atoms with E-state index < -0.39 is 0 Å². The van der Waals surface area contributed by atoms with E-state index >= 15 is 0 Å². The van der Waals surface area contributed by atoms with Crippen molar-refractivity contribution in [3.63, 3.8) is 0 Å². The van der Waals surface area contributed by atoms with Crippen LogP contribution in [0.5, 0.6) is 0 Å².